The summed E-state index contributed by atoms with van der Waals surface area (Å²) in [7, 11) is -3.67. The lowest BCUT2D eigenvalue weighted by atomic mass is 10.1. The van der Waals surface area contributed by atoms with Crippen molar-refractivity contribution in [1.82, 2.24) is 4.31 Å². The molecule has 0 bridgehead atoms. The van der Waals surface area contributed by atoms with Crippen LogP contribution in [0.15, 0.2) is 47.4 Å². The van der Waals surface area contributed by atoms with Crippen LogP contribution >= 0.6 is 0 Å². The Kier molecular flexibility index (Phi) is 7.76. The second-order valence-electron chi connectivity index (χ2n) is 9.11. The van der Waals surface area contributed by atoms with Crippen LogP contribution in [-0.2, 0) is 14.8 Å². The number of sulfonamides is 1. The van der Waals surface area contributed by atoms with E-state index in [1.165, 1.54) is 4.31 Å². The Morgan fingerprint density at radius 3 is 2.20 bits per heavy atom. The van der Waals surface area contributed by atoms with Crippen LogP contribution < -0.4 is 15.5 Å². The van der Waals surface area contributed by atoms with E-state index >= 15 is 0 Å². The first-order valence-electron chi connectivity index (χ1n) is 12.4. The van der Waals surface area contributed by atoms with Crippen molar-refractivity contribution < 1.29 is 18.0 Å². The number of hydrogen-bond acceptors (Lipinski definition) is 5. The molecular weight excluding hydrogens is 464 g/mol. The molecule has 1 aliphatic carbocycles. The van der Waals surface area contributed by atoms with Crippen molar-refractivity contribution in [3.8, 4) is 0 Å². The lowest BCUT2D eigenvalue weighted by Crippen LogP contribution is -2.32. The number of piperidine rings is 1. The highest BCUT2D eigenvalue weighted by atomic mass is 32.2. The van der Waals surface area contributed by atoms with Crippen molar-refractivity contribution in [2.24, 2.45) is 5.92 Å². The van der Waals surface area contributed by atoms with Gasteiger partial charge in [-0.3, -0.25) is 9.59 Å². The number of nitrogens with one attached hydrogen (secondary N) is 2. The molecule has 2 N–H and O–H groups in total. The predicted molar refractivity (Wildman–Crippen MR) is 138 cm³/mol. The molecule has 1 aliphatic heterocycles. The molecule has 1 saturated carbocycles. The molecule has 1 heterocycles. The van der Waals surface area contributed by atoms with Crippen molar-refractivity contribution in [3.05, 3.63) is 48.0 Å². The van der Waals surface area contributed by atoms with E-state index in [9.17, 15) is 18.0 Å². The van der Waals surface area contributed by atoms with Gasteiger partial charge >= 0.3 is 0 Å². The largest absolute Gasteiger partial charge is 0.370 e. The second kappa shape index (κ2) is 10.8. The number of carbonyl (C=O) groups is 2. The quantitative estimate of drug-likeness (QED) is 0.537. The first kappa shape index (κ1) is 25.2. The van der Waals surface area contributed by atoms with E-state index in [4.69, 9.17) is 0 Å². The summed E-state index contributed by atoms with van der Waals surface area (Å²) in [6, 6.07) is 11.7. The highest BCUT2D eigenvalue weighted by Crippen LogP contribution is 2.33. The SMILES string of the molecule is CCN(CC)S(=O)(=O)c1ccc(N2CCCCC2)c(NC(=O)c2ccc(NC(=O)C3CC3)cc2)c1. The molecular formula is C26H34N4O4S. The fourth-order valence-corrected chi connectivity index (χ4v) is 5.87. The molecule has 4 rings (SSSR count). The Hall–Kier alpha value is -2.91. The van der Waals surface area contributed by atoms with Gasteiger partial charge in [0.15, 0.2) is 0 Å². The zero-order valence-electron chi connectivity index (χ0n) is 20.4. The first-order chi connectivity index (χ1) is 16.8. The summed E-state index contributed by atoms with van der Waals surface area (Å²) in [5.41, 5.74) is 2.39. The fourth-order valence-electron chi connectivity index (χ4n) is 4.39. The molecule has 0 unspecified atom stereocenters. The molecule has 2 aliphatic rings. The van der Waals surface area contributed by atoms with Gasteiger partial charge in [-0.25, -0.2) is 8.42 Å². The summed E-state index contributed by atoms with van der Waals surface area (Å²) in [5.74, 6) is -0.216. The van der Waals surface area contributed by atoms with Gasteiger partial charge < -0.3 is 15.5 Å². The molecule has 9 heteroatoms. The summed E-state index contributed by atoms with van der Waals surface area (Å²) in [5, 5.41) is 5.82. The lowest BCUT2D eigenvalue weighted by Gasteiger charge is -2.31. The zero-order valence-corrected chi connectivity index (χ0v) is 21.2. The normalized spacial score (nSPS) is 16.3. The summed E-state index contributed by atoms with van der Waals surface area (Å²) < 4.78 is 27.7. The van der Waals surface area contributed by atoms with Crippen molar-refractivity contribution in [3.63, 3.8) is 0 Å². The molecule has 2 fully saturated rings. The minimum absolute atomic E-state index is 0.0135. The number of hydrogen-bond donors (Lipinski definition) is 2. The van der Waals surface area contributed by atoms with Gasteiger partial charge in [-0.1, -0.05) is 13.8 Å². The average molecular weight is 499 g/mol. The topological polar surface area (TPSA) is 98.8 Å². The summed E-state index contributed by atoms with van der Waals surface area (Å²) >= 11 is 0. The molecule has 8 nitrogen and oxygen atoms in total. The number of carbonyl (C=O) groups excluding carboxylic acids is 2. The van der Waals surface area contributed by atoms with E-state index in [0.717, 1.165) is 50.9 Å². The molecule has 2 amide bonds. The van der Waals surface area contributed by atoms with Gasteiger partial charge in [-0.15, -0.1) is 0 Å². The molecule has 35 heavy (non-hydrogen) atoms. The van der Waals surface area contributed by atoms with E-state index in [1.54, 1.807) is 42.5 Å². The molecule has 0 atom stereocenters. The number of benzene rings is 2. The van der Waals surface area contributed by atoms with E-state index in [1.807, 2.05) is 13.8 Å². The Balaban J connectivity index is 1.59. The lowest BCUT2D eigenvalue weighted by molar-refractivity contribution is -0.117. The Morgan fingerprint density at radius 1 is 0.943 bits per heavy atom. The van der Waals surface area contributed by atoms with Crippen LogP contribution in [-0.4, -0.2) is 50.7 Å². The first-order valence-corrected chi connectivity index (χ1v) is 13.9. The summed E-state index contributed by atoms with van der Waals surface area (Å²) in [6.07, 6.45) is 5.13. The van der Waals surface area contributed by atoms with Crippen molar-refractivity contribution in [1.29, 1.82) is 0 Å². The average Bonchev–Trinajstić information content (AvgIpc) is 3.71. The van der Waals surface area contributed by atoms with E-state index < -0.39 is 10.0 Å². The molecule has 0 radical (unpaired) electrons. The van der Waals surface area contributed by atoms with Gasteiger partial charge in [0.1, 0.15) is 0 Å². The van der Waals surface area contributed by atoms with Crippen molar-refractivity contribution in [2.45, 2.75) is 50.8 Å². The summed E-state index contributed by atoms with van der Waals surface area (Å²) in [6.45, 7) is 6.09. The number of amides is 2. The van der Waals surface area contributed by atoms with Gasteiger partial charge in [-0.05, 0) is 74.6 Å². The maximum Gasteiger partial charge on any atom is 0.255 e. The van der Waals surface area contributed by atoms with Crippen LogP contribution in [0.1, 0.15) is 56.3 Å². The van der Waals surface area contributed by atoms with Crippen LogP contribution in [0, 0.1) is 5.92 Å². The second-order valence-corrected chi connectivity index (χ2v) is 11.0. The zero-order chi connectivity index (χ0) is 25.0. The molecule has 1 saturated heterocycles. The van der Waals surface area contributed by atoms with Crippen LogP contribution in [0.5, 0.6) is 0 Å². The smallest absolute Gasteiger partial charge is 0.255 e. The molecule has 0 spiro atoms. The van der Waals surface area contributed by atoms with Gasteiger partial charge in [0.2, 0.25) is 15.9 Å². The van der Waals surface area contributed by atoms with E-state index in [-0.39, 0.29) is 22.6 Å². The Morgan fingerprint density at radius 2 is 1.60 bits per heavy atom. The standard InChI is InChI=1S/C26H34N4O4S/c1-3-30(4-2)35(33,34)22-14-15-24(29-16-6-5-7-17-29)23(18-22)28-26(32)20-10-12-21(13-11-20)27-25(31)19-8-9-19/h10-15,18-19H,3-9,16-17H2,1-2H3,(H,27,31)(H,28,32). The third-order valence-corrected chi connectivity index (χ3v) is 8.66. The van der Waals surface area contributed by atoms with Crippen LogP contribution in [0.4, 0.5) is 17.1 Å². The molecule has 188 valence electrons. The van der Waals surface area contributed by atoms with E-state index in [0.29, 0.717) is 30.0 Å². The van der Waals surface area contributed by atoms with Gasteiger partial charge in [0.25, 0.3) is 5.91 Å². The number of anilines is 3. The monoisotopic (exact) mass is 498 g/mol. The number of nitrogens with zero attached hydrogens (tertiary/aromatic N) is 2. The Labute approximate surface area is 207 Å². The van der Waals surface area contributed by atoms with Gasteiger partial charge in [0.05, 0.1) is 16.3 Å². The van der Waals surface area contributed by atoms with Crippen LogP contribution in [0.2, 0.25) is 0 Å². The molecule has 2 aromatic rings. The number of rotatable bonds is 9. The van der Waals surface area contributed by atoms with Gasteiger partial charge in [0, 0.05) is 43.3 Å². The van der Waals surface area contributed by atoms with Crippen molar-refractivity contribution >= 4 is 38.9 Å². The predicted octanol–water partition coefficient (Wildman–Crippen LogP) is 4.31. The third kappa shape index (κ3) is 5.85. The van der Waals surface area contributed by atoms with Crippen molar-refractivity contribution in [2.75, 3.05) is 41.7 Å². The highest BCUT2D eigenvalue weighted by Gasteiger charge is 2.29. The van der Waals surface area contributed by atoms with E-state index in [2.05, 4.69) is 15.5 Å². The summed E-state index contributed by atoms with van der Waals surface area (Å²) in [4.78, 5) is 27.5. The molecule has 0 aromatic heterocycles. The Bertz CT molecular complexity index is 1170. The minimum atomic E-state index is -3.67. The highest BCUT2D eigenvalue weighted by molar-refractivity contribution is 7.89. The maximum atomic E-state index is 13.1. The van der Waals surface area contributed by atoms with Gasteiger partial charge in [-0.2, -0.15) is 4.31 Å². The van der Waals surface area contributed by atoms with Crippen LogP contribution in [0.25, 0.3) is 0 Å². The minimum Gasteiger partial charge on any atom is -0.370 e. The third-order valence-electron chi connectivity index (χ3n) is 6.62. The fraction of sp³-hybridized carbons (Fsp3) is 0.462. The van der Waals surface area contributed by atoms with Crippen LogP contribution in [0.3, 0.4) is 0 Å². The maximum absolute atomic E-state index is 13.1. The molecule has 2 aromatic carbocycles.